The second-order valence-electron chi connectivity index (χ2n) is 5.21. The van der Waals surface area contributed by atoms with E-state index < -0.39 is 28.9 Å². The minimum atomic E-state index is -1.14. The highest BCUT2D eigenvalue weighted by molar-refractivity contribution is 6.33. The number of carbonyl (C=O) groups is 1. The lowest BCUT2D eigenvalue weighted by molar-refractivity contribution is 0.0733. The van der Waals surface area contributed by atoms with Gasteiger partial charge in [-0.05, 0) is 13.0 Å². The molecule has 5 nitrogen and oxygen atoms in total. The number of hydrogen-bond acceptors (Lipinski definition) is 5. The predicted octanol–water partition coefficient (Wildman–Crippen LogP) is 4.67. The monoisotopic (exact) mass is 374 g/mol. The van der Waals surface area contributed by atoms with Crippen molar-refractivity contribution >= 4 is 17.6 Å². The summed E-state index contributed by atoms with van der Waals surface area (Å²) in [7, 11) is 0. The fourth-order valence-electron chi connectivity index (χ4n) is 2.32. The number of rotatable bonds is 3. The molecule has 8 heteroatoms. The Morgan fingerprint density at radius 3 is 2.54 bits per heavy atom. The van der Waals surface area contributed by atoms with E-state index in [1.54, 1.807) is 24.3 Å². The van der Waals surface area contributed by atoms with Gasteiger partial charge in [0.05, 0.1) is 5.02 Å². The molecule has 0 aliphatic rings. The van der Waals surface area contributed by atoms with Crippen LogP contribution in [0, 0.1) is 29.9 Å². The fraction of sp³-hybridized carbons (Fsp3) is 0.0556. The number of nitrogens with zero attached hydrogens (tertiary/aromatic N) is 2. The van der Waals surface area contributed by atoms with Gasteiger partial charge in [-0.2, -0.15) is 5.26 Å². The number of aryl methyl sites for hydroxylation is 1. The van der Waals surface area contributed by atoms with E-state index in [0.29, 0.717) is 10.6 Å². The number of hydrogen-bond donors (Lipinski definition) is 0. The van der Waals surface area contributed by atoms with Crippen LogP contribution in [0.1, 0.15) is 21.7 Å². The van der Waals surface area contributed by atoms with E-state index in [9.17, 15) is 13.6 Å². The van der Waals surface area contributed by atoms with Gasteiger partial charge in [0, 0.05) is 17.7 Å². The Morgan fingerprint density at radius 1 is 1.27 bits per heavy atom. The zero-order valence-electron chi connectivity index (χ0n) is 13.2. The van der Waals surface area contributed by atoms with E-state index in [1.807, 2.05) is 0 Å². The fourth-order valence-corrected chi connectivity index (χ4v) is 2.55. The van der Waals surface area contributed by atoms with Crippen molar-refractivity contribution in [1.82, 2.24) is 5.16 Å². The van der Waals surface area contributed by atoms with Crippen LogP contribution in [0.2, 0.25) is 5.02 Å². The van der Waals surface area contributed by atoms with Crippen LogP contribution in [-0.4, -0.2) is 11.1 Å². The van der Waals surface area contributed by atoms with Gasteiger partial charge in [0.2, 0.25) is 0 Å². The molecular formula is C18H9ClF2N2O3. The Bertz CT molecular complexity index is 1030. The van der Waals surface area contributed by atoms with Crippen molar-refractivity contribution in [2.75, 3.05) is 0 Å². The van der Waals surface area contributed by atoms with Crippen LogP contribution in [0.4, 0.5) is 8.78 Å². The second-order valence-corrected chi connectivity index (χ2v) is 5.61. The van der Waals surface area contributed by atoms with Crippen molar-refractivity contribution in [3.05, 3.63) is 69.9 Å². The summed E-state index contributed by atoms with van der Waals surface area (Å²) >= 11 is 6.12. The van der Waals surface area contributed by atoms with Crippen molar-refractivity contribution in [2.24, 2.45) is 0 Å². The van der Waals surface area contributed by atoms with Gasteiger partial charge < -0.3 is 9.26 Å². The molecule has 3 aromatic rings. The first-order valence-corrected chi connectivity index (χ1v) is 7.62. The molecule has 130 valence electrons. The standard InChI is InChI=1S/C18H9ClF2N2O3/c1-9-16(17(23-26-9)11-4-2-3-5-13(11)19)18(24)25-10-6-14(20)12(8-22)15(21)7-10/h2-7H,1H3. The SMILES string of the molecule is Cc1onc(-c2ccccc2Cl)c1C(=O)Oc1cc(F)c(C#N)c(F)c1. The first kappa shape index (κ1) is 17.6. The molecule has 3 rings (SSSR count). The first-order chi connectivity index (χ1) is 12.4. The molecule has 0 unspecified atom stereocenters. The van der Waals surface area contributed by atoms with E-state index in [4.69, 9.17) is 26.1 Å². The van der Waals surface area contributed by atoms with Crippen LogP contribution in [0.3, 0.4) is 0 Å². The smallest absolute Gasteiger partial charge is 0.349 e. The normalized spacial score (nSPS) is 10.4. The summed E-state index contributed by atoms with van der Waals surface area (Å²) in [5.74, 6) is -3.44. The number of halogens is 3. The molecule has 2 aromatic carbocycles. The lowest BCUT2D eigenvalue weighted by Gasteiger charge is -2.07. The van der Waals surface area contributed by atoms with Crippen molar-refractivity contribution in [1.29, 1.82) is 5.26 Å². The number of ether oxygens (including phenoxy) is 1. The van der Waals surface area contributed by atoms with Crippen molar-refractivity contribution in [2.45, 2.75) is 6.92 Å². The Hall–Kier alpha value is -3.24. The molecule has 0 aliphatic carbocycles. The quantitative estimate of drug-likeness (QED) is 0.491. The Labute approximate surface area is 151 Å². The molecule has 0 atom stereocenters. The van der Waals surface area contributed by atoms with Crippen LogP contribution in [0.5, 0.6) is 5.75 Å². The van der Waals surface area contributed by atoms with Crippen LogP contribution in [0.25, 0.3) is 11.3 Å². The number of carbonyl (C=O) groups excluding carboxylic acids is 1. The molecule has 0 spiro atoms. The van der Waals surface area contributed by atoms with Crippen LogP contribution in [0.15, 0.2) is 40.9 Å². The molecule has 0 N–H and O–H groups in total. The Morgan fingerprint density at radius 2 is 1.92 bits per heavy atom. The number of benzene rings is 2. The van der Waals surface area contributed by atoms with Gasteiger partial charge in [-0.25, -0.2) is 13.6 Å². The number of nitriles is 1. The summed E-state index contributed by atoms with van der Waals surface area (Å²) in [4.78, 5) is 12.5. The van der Waals surface area contributed by atoms with E-state index in [1.165, 1.54) is 13.0 Å². The second kappa shape index (κ2) is 6.94. The molecule has 1 aromatic heterocycles. The highest BCUT2D eigenvalue weighted by atomic mass is 35.5. The van der Waals surface area contributed by atoms with Crippen LogP contribution >= 0.6 is 11.6 Å². The molecule has 0 bridgehead atoms. The maximum absolute atomic E-state index is 13.7. The molecule has 26 heavy (non-hydrogen) atoms. The third-order valence-corrected chi connectivity index (χ3v) is 3.86. The average Bonchev–Trinajstić information content (AvgIpc) is 2.96. The molecule has 1 heterocycles. The van der Waals surface area contributed by atoms with E-state index in [0.717, 1.165) is 12.1 Å². The molecular weight excluding hydrogens is 366 g/mol. The highest BCUT2D eigenvalue weighted by Gasteiger charge is 2.25. The first-order valence-electron chi connectivity index (χ1n) is 7.25. The van der Waals surface area contributed by atoms with Crippen molar-refractivity contribution < 1.29 is 22.8 Å². The highest BCUT2D eigenvalue weighted by Crippen LogP contribution is 2.32. The average molecular weight is 375 g/mol. The summed E-state index contributed by atoms with van der Waals surface area (Å²) in [6, 6.07) is 9.54. The predicted molar refractivity (Wildman–Crippen MR) is 87.7 cm³/mol. The Kier molecular flexibility index (Phi) is 4.69. The van der Waals surface area contributed by atoms with E-state index in [-0.39, 0.29) is 17.0 Å². The lowest BCUT2D eigenvalue weighted by atomic mass is 10.1. The van der Waals surface area contributed by atoms with Gasteiger partial charge >= 0.3 is 5.97 Å². The van der Waals surface area contributed by atoms with Crippen LogP contribution in [-0.2, 0) is 0 Å². The Balaban J connectivity index is 1.99. The summed E-state index contributed by atoms with van der Waals surface area (Å²) in [6.07, 6.45) is 0. The van der Waals surface area contributed by atoms with E-state index in [2.05, 4.69) is 5.16 Å². The zero-order chi connectivity index (χ0) is 18.8. The van der Waals surface area contributed by atoms with Crippen molar-refractivity contribution in [3.63, 3.8) is 0 Å². The largest absolute Gasteiger partial charge is 0.423 e. The van der Waals surface area contributed by atoms with Gasteiger partial charge in [0.25, 0.3) is 0 Å². The van der Waals surface area contributed by atoms with Gasteiger partial charge in [0.15, 0.2) is 0 Å². The maximum Gasteiger partial charge on any atom is 0.349 e. The number of esters is 1. The van der Waals surface area contributed by atoms with Crippen molar-refractivity contribution in [3.8, 4) is 23.1 Å². The molecule has 0 saturated heterocycles. The van der Waals surface area contributed by atoms with E-state index >= 15 is 0 Å². The molecule has 0 aliphatic heterocycles. The van der Waals surface area contributed by atoms with Gasteiger partial charge in [-0.3, -0.25) is 0 Å². The van der Waals surface area contributed by atoms with Gasteiger partial charge in [-0.15, -0.1) is 0 Å². The third-order valence-electron chi connectivity index (χ3n) is 3.53. The summed E-state index contributed by atoms with van der Waals surface area (Å²) in [5.41, 5.74) is -0.200. The molecule has 0 radical (unpaired) electrons. The van der Waals surface area contributed by atoms with Crippen LogP contribution < -0.4 is 4.74 Å². The lowest BCUT2D eigenvalue weighted by Crippen LogP contribution is -2.11. The van der Waals surface area contributed by atoms with Gasteiger partial charge in [0.1, 0.15) is 46.0 Å². The molecule has 0 fully saturated rings. The molecule has 0 saturated carbocycles. The maximum atomic E-state index is 13.7. The summed E-state index contributed by atoms with van der Waals surface area (Å²) in [6.45, 7) is 1.49. The molecule has 0 amide bonds. The minimum absolute atomic E-state index is 0.0247. The van der Waals surface area contributed by atoms with Gasteiger partial charge in [-0.1, -0.05) is 35.0 Å². The summed E-state index contributed by atoms with van der Waals surface area (Å²) in [5, 5.41) is 12.8. The minimum Gasteiger partial charge on any atom is -0.423 e. The topological polar surface area (TPSA) is 76.1 Å². The number of aromatic nitrogens is 1. The summed E-state index contributed by atoms with van der Waals surface area (Å²) < 4.78 is 37.4. The third kappa shape index (κ3) is 3.15. The zero-order valence-corrected chi connectivity index (χ0v) is 14.0.